The SMILES string of the molecule is CN1CC=C(c2c[nH]c3ccc(CC(=O)c4cccc(I)c4I)cc23)CC1. The molecule has 1 aliphatic rings. The number of halogens is 2. The number of fused-ring (bicyclic) bond motifs is 1. The molecule has 1 aromatic heterocycles. The average Bonchev–Trinajstić information content (AvgIpc) is 3.08. The van der Waals surface area contributed by atoms with Crippen LogP contribution in [0.5, 0.6) is 0 Å². The van der Waals surface area contributed by atoms with E-state index in [-0.39, 0.29) is 5.78 Å². The fourth-order valence-electron chi connectivity index (χ4n) is 3.56. The Morgan fingerprint density at radius 1 is 1.22 bits per heavy atom. The molecule has 4 rings (SSSR count). The molecule has 0 saturated carbocycles. The second kappa shape index (κ2) is 8.05. The third-order valence-corrected chi connectivity index (χ3v) is 8.21. The molecule has 0 aliphatic carbocycles. The highest BCUT2D eigenvalue weighted by atomic mass is 127. The highest BCUT2D eigenvalue weighted by Crippen LogP contribution is 2.30. The monoisotopic (exact) mass is 582 g/mol. The quantitative estimate of drug-likeness (QED) is 0.325. The minimum Gasteiger partial charge on any atom is -0.361 e. The maximum absolute atomic E-state index is 12.9. The Labute approximate surface area is 186 Å². The van der Waals surface area contributed by atoms with Gasteiger partial charge in [-0.2, -0.15) is 0 Å². The van der Waals surface area contributed by atoms with Crippen molar-refractivity contribution < 1.29 is 4.79 Å². The molecule has 138 valence electrons. The zero-order valence-electron chi connectivity index (χ0n) is 15.1. The van der Waals surface area contributed by atoms with Gasteiger partial charge in [-0.3, -0.25) is 4.79 Å². The topological polar surface area (TPSA) is 36.1 Å². The van der Waals surface area contributed by atoms with Gasteiger partial charge in [0.05, 0.1) is 0 Å². The van der Waals surface area contributed by atoms with E-state index in [0.29, 0.717) is 6.42 Å². The van der Waals surface area contributed by atoms with Gasteiger partial charge in [0.1, 0.15) is 0 Å². The van der Waals surface area contributed by atoms with Crippen molar-refractivity contribution in [2.24, 2.45) is 0 Å². The molecule has 27 heavy (non-hydrogen) atoms. The number of aromatic nitrogens is 1. The first-order chi connectivity index (χ1) is 13.0. The molecule has 0 bridgehead atoms. The van der Waals surface area contributed by atoms with Crippen LogP contribution < -0.4 is 0 Å². The summed E-state index contributed by atoms with van der Waals surface area (Å²) in [5.41, 5.74) is 5.68. The molecule has 3 aromatic rings. The lowest BCUT2D eigenvalue weighted by Crippen LogP contribution is -2.23. The molecule has 3 nitrogen and oxygen atoms in total. The predicted molar refractivity (Wildman–Crippen MR) is 128 cm³/mol. The summed E-state index contributed by atoms with van der Waals surface area (Å²) in [4.78, 5) is 18.6. The lowest BCUT2D eigenvalue weighted by Gasteiger charge is -2.21. The second-order valence-electron chi connectivity index (χ2n) is 7.03. The minimum absolute atomic E-state index is 0.174. The van der Waals surface area contributed by atoms with E-state index in [2.05, 4.69) is 92.6 Å². The van der Waals surface area contributed by atoms with E-state index in [1.165, 1.54) is 16.5 Å². The molecule has 0 amide bonds. The summed E-state index contributed by atoms with van der Waals surface area (Å²) < 4.78 is 2.16. The van der Waals surface area contributed by atoms with Gasteiger partial charge in [0.25, 0.3) is 0 Å². The molecule has 0 atom stereocenters. The number of benzene rings is 2. The van der Waals surface area contributed by atoms with Crippen molar-refractivity contribution in [2.45, 2.75) is 12.8 Å². The lowest BCUT2D eigenvalue weighted by molar-refractivity contribution is 0.0992. The van der Waals surface area contributed by atoms with Crippen LogP contribution in [0.4, 0.5) is 0 Å². The summed E-state index contributed by atoms with van der Waals surface area (Å²) in [5.74, 6) is 0.174. The van der Waals surface area contributed by atoms with Gasteiger partial charge >= 0.3 is 0 Å². The number of likely N-dealkylation sites (N-methyl/N-ethyl adjacent to an activating group) is 1. The van der Waals surface area contributed by atoms with E-state index in [0.717, 1.165) is 43.3 Å². The third kappa shape index (κ3) is 4.00. The van der Waals surface area contributed by atoms with Gasteiger partial charge in [-0.25, -0.2) is 0 Å². The molecule has 1 N–H and O–H groups in total. The van der Waals surface area contributed by atoms with E-state index in [9.17, 15) is 4.79 Å². The number of nitrogens with zero attached hydrogens (tertiary/aromatic N) is 1. The van der Waals surface area contributed by atoms with Crippen LogP contribution in [-0.2, 0) is 6.42 Å². The molecule has 1 aliphatic heterocycles. The number of hydrogen-bond acceptors (Lipinski definition) is 2. The Bertz CT molecular complexity index is 1050. The highest BCUT2D eigenvalue weighted by Gasteiger charge is 2.16. The number of carbonyl (C=O) groups excluding carboxylic acids is 1. The third-order valence-electron chi connectivity index (χ3n) is 5.12. The Kier molecular flexibility index (Phi) is 5.70. The van der Waals surface area contributed by atoms with Crippen molar-refractivity contribution in [1.82, 2.24) is 9.88 Å². The normalized spacial score (nSPS) is 15.1. The number of rotatable bonds is 4. The first kappa shape index (κ1) is 19.1. The van der Waals surface area contributed by atoms with Gasteiger partial charge in [-0.15, -0.1) is 0 Å². The Balaban J connectivity index is 1.64. The van der Waals surface area contributed by atoms with Gasteiger partial charge < -0.3 is 9.88 Å². The summed E-state index contributed by atoms with van der Waals surface area (Å²) in [6, 6.07) is 12.2. The fraction of sp³-hybridized carbons (Fsp3) is 0.227. The van der Waals surface area contributed by atoms with Gasteiger partial charge in [0.2, 0.25) is 0 Å². The number of aromatic amines is 1. The number of Topliss-reactive ketones (excluding diaryl/α,β-unsaturated/α-hetero) is 1. The average molecular weight is 582 g/mol. The van der Waals surface area contributed by atoms with Crippen LogP contribution in [0.15, 0.2) is 48.7 Å². The largest absolute Gasteiger partial charge is 0.361 e. The predicted octanol–water partition coefficient (Wildman–Crippen LogP) is 5.52. The van der Waals surface area contributed by atoms with Gasteiger partial charge in [-0.05, 0) is 88.0 Å². The van der Waals surface area contributed by atoms with Crippen LogP contribution >= 0.6 is 45.2 Å². The maximum Gasteiger partial charge on any atom is 0.168 e. The lowest BCUT2D eigenvalue weighted by atomic mass is 9.96. The van der Waals surface area contributed by atoms with E-state index >= 15 is 0 Å². The molecule has 2 heterocycles. The summed E-state index contributed by atoms with van der Waals surface area (Å²) in [7, 11) is 2.15. The van der Waals surface area contributed by atoms with Gasteiger partial charge in [-0.1, -0.05) is 24.3 Å². The van der Waals surface area contributed by atoms with Crippen molar-refractivity contribution in [2.75, 3.05) is 20.1 Å². The molecule has 5 heteroatoms. The van der Waals surface area contributed by atoms with E-state index in [1.807, 2.05) is 18.2 Å². The van der Waals surface area contributed by atoms with Crippen molar-refractivity contribution >= 4 is 67.4 Å². The molecule has 0 radical (unpaired) electrons. The van der Waals surface area contributed by atoms with E-state index in [1.54, 1.807) is 0 Å². The van der Waals surface area contributed by atoms with Crippen LogP contribution in [0.2, 0.25) is 0 Å². The van der Waals surface area contributed by atoms with Crippen LogP contribution in [0, 0.1) is 7.14 Å². The fourth-order valence-corrected chi connectivity index (χ4v) is 4.72. The Morgan fingerprint density at radius 2 is 2.07 bits per heavy atom. The molecule has 0 spiro atoms. The van der Waals surface area contributed by atoms with Crippen LogP contribution in [0.1, 0.15) is 27.9 Å². The Morgan fingerprint density at radius 3 is 2.85 bits per heavy atom. The van der Waals surface area contributed by atoms with Crippen molar-refractivity contribution in [1.29, 1.82) is 0 Å². The highest BCUT2D eigenvalue weighted by molar-refractivity contribution is 14.1. The first-order valence-corrected chi connectivity index (χ1v) is 11.1. The van der Waals surface area contributed by atoms with E-state index < -0.39 is 0 Å². The first-order valence-electron chi connectivity index (χ1n) is 8.98. The molecule has 0 fully saturated rings. The van der Waals surface area contributed by atoms with Crippen molar-refractivity contribution in [3.63, 3.8) is 0 Å². The summed E-state index contributed by atoms with van der Waals surface area (Å²) in [5, 5.41) is 1.22. The van der Waals surface area contributed by atoms with Crippen molar-refractivity contribution in [3.8, 4) is 0 Å². The minimum atomic E-state index is 0.174. The molecular weight excluding hydrogens is 562 g/mol. The smallest absolute Gasteiger partial charge is 0.168 e. The second-order valence-corrected chi connectivity index (χ2v) is 9.27. The summed E-state index contributed by atoms with van der Waals surface area (Å²) >= 11 is 4.55. The molecule has 2 aromatic carbocycles. The summed E-state index contributed by atoms with van der Waals surface area (Å²) in [6.45, 7) is 2.08. The maximum atomic E-state index is 12.9. The van der Waals surface area contributed by atoms with Crippen LogP contribution in [0.3, 0.4) is 0 Å². The van der Waals surface area contributed by atoms with Gasteiger partial charge in [0, 0.05) is 54.9 Å². The number of H-pyrrole nitrogens is 1. The number of carbonyl (C=O) groups is 1. The van der Waals surface area contributed by atoms with Crippen LogP contribution in [-0.4, -0.2) is 35.8 Å². The standard InChI is InChI=1S/C22H20I2N2O/c1-26-9-7-15(8-10-26)18-13-25-20-6-5-14(11-17(18)20)12-21(27)16-3-2-4-19(23)22(16)24/h2-7,11,13,25H,8-10,12H2,1H3. The zero-order chi connectivity index (χ0) is 19.0. The number of nitrogens with one attached hydrogen (secondary N) is 1. The molecular formula is C22H20I2N2O. The number of hydrogen-bond donors (Lipinski definition) is 1. The van der Waals surface area contributed by atoms with Gasteiger partial charge in [0.15, 0.2) is 5.78 Å². The number of ketones is 1. The Hall–Kier alpha value is -1.19. The molecule has 0 unspecified atom stereocenters. The van der Waals surface area contributed by atoms with Crippen LogP contribution in [0.25, 0.3) is 16.5 Å². The molecule has 0 saturated heterocycles. The van der Waals surface area contributed by atoms with E-state index in [4.69, 9.17) is 0 Å². The zero-order valence-corrected chi connectivity index (χ0v) is 19.4. The van der Waals surface area contributed by atoms with Crippen molar-refractivity contribution in [3.05, 3.63) is 72.5 Å². The summed E-state index contributed by atoms with van der Waals surface area (Å²) in [6.07, 6.45) is 5.92.